The number of rotatable bonds is 3. The topological polar surface area (TPSA) is 46.6 Å². The monoisotopic (exact) mass is 225 g/mol. The van der Waals surface area contributed by atoms with E-state index < -0.39 is 11.7 Å². The molecular weight excluding hydrogens is 206 g/mol. The van der Waals surface area contributed by atoms with Gasteiger partial charge in [-0.2, -0.15) is 0 Å². The van der Waals surface area contributed by atoms with Crippen molar-refractivity contribution >= 4 is 12.0 Å². The molecule has 1 saturated heterocycles. The predicted octanol–water partition coefficient (Wildman–Crippen LogP) is 2.49. The molecule has 0 N–H and O–H groups in total. The molecule has 0 saturated carbocycles. The molecule has 1 fully saturated rings. The molecule has 0 unspecified atom stereocenters. The van der Waals surface area contributed by atoms with E-state index in [9.17, 15) is 9.59 Å². The number of carbonyl (C=O) groups excluding carboxylic acids is 2. The van der Waals surface area contributed by atoms with Crippen molar-refractivity contribution in [1.82, 2.24) is 4.90 Å². The first-order valence-electron chi connectivity index (χ1n) is 5.51. The zero-order valence-corrected chi connectivity index (χ0v) is 10.2. The Kier molecular flexibility index (Phi) is 3.73. The van der Waals surface area contributed by atoms with Gasteiger partial charge in [-0.1, -0.05) is 6.08 Å². The normalized spacial score (nSPS) is 20.3. The Morgan fingerprint density at radius 1 is 1.62 bits per heavy atom. The van der Waals surface area contributed by atoms with Crippen LogP contribution in [0.4, 0.5) is 4.79 Å². The number of carbonyl (C=O) groups is 2. The van der Waals surface area contributed by atoms with Crippen LogP contribution in [0.25, 0.3) is 0 Å². The Bertz CT molecular complexity index is 304. The molecule has 16 heavy (non-hydrogen) atoms. The molecule has 0 aromatic rings. The van der Waals surface area contributed by atoms with Crippen LogP contribution in [0, 0.1) is 0 Å². The lowest BCUT2D eigenvalue weighted by Gasteiger charge is -2.39. The lowest BCUT2D eigenvalue weighted by Crippen LogP contribution is -2.56. The van der Waals surface area contributed by atoms with Crippen molar-refractivity contribution in [2.24, 2.45) is 0 Å². The summed E-state index contributed by atoms with van der Waals surface area (Å²) in [4.78, 5) is 24.2. The molecule has 90 valence electrons. The summed E-state index contributed by atoms with van der Waals surface area (Å²) in [5.41, 5.74) is -0.560. The van der Waals surface area contributed by atoms with Crippen LogP contribution in [0.5, 0.6) is 0 Å². The number of ether oxygens (including phenoxy) is 1. The van der Waals surface area contributed by atoms with E-state index in [-0.39, 0.29) is 11.9 Å². The summed E-state index contributed by atoms with van der Waals surface area (Å²) < 4.78 is 5.16. The van der Waals surface area contributed by atoms with Crippen molar-refractivity contribution < 1.29 is 14.3 Å². The van der Waals surface area contributed by atoms with Crippen LogP contribution < -0.4 is 0 Å². The molecule has 1 aliphatic heterocycles. The summed E-state index contributed by atoms with van der Waals surface area (Å²) in [6.45, 7) is 8.98. The minimum Gasteiger partial charge on any atom is -0.443 e. The number of β-lactam (4-membered cyclic amide) rings is 1. The first-order chi connectivity index (χ1) is 7.35. The van der Waals surface area contributed by atoms with E-state index in [0.717, 1.165) is 12.8 Å². The molecule has 1 heterocycles. The third-order valence-electron chi connectivity index (χ3n) is 2.34. The molecular formula is C12H19NO3. The molecule has 4 heteroatoms. The predicted molar refractivity (Wildman–Crippen MR) is 60.9 cm³/mol. The van der Waals surface area contributed by atoms with Crippen molar-refractivity contribution in [2.75, 3.05) is 0 Å². The average Bonchev–Trinajstić information content (AvgIpc) is 2.08. The molecule has 0 aromatic heterocycles. The smallest absolute Gasteiger partial charge is 0.417 e. The molecule has 1 atom stereocenters. The SMILES string of the molecule is C=CCC[C@H]1CC(=O)N1C(=O)OC(C)(C)C. The number of amides is 2. The van der Waals surface area contributed by atoms with Gasteiger partial charge in [-0.15, -0.1) is 6.58 Å². The highest BCUT2D eigenvalue weighted by Crippen LogP contribution is 2.26. The van der Waals surface area contributed by atoms with Crippen LogP contribution in [0.15, 0.2) is 12.7 Å². The van der Waals surface area contributed by atoms with Crippen LogP contribution in [0.2, 0.25) is 0 Å². The Morgan fingerprint density at radius 3 is 2.69 bits per heavy atom. The van der Waals surface area contributed by atoms with Gasteiger partial charge in [0.25, 0.3) is 0 Å². The maximum Gasteiger partial charge on any atom is 0.417 e. The third-order valence-corrected chi connectivity index (χ3v) is 2.34. The van der Waals surface area contributed by atoms with Crippen LogP contribution in [0.1, 0.15) is 40.0 Å². The summed E-state index contributed by atoms with van der Waals surface area (Å²) >= 11 is 0. The first kappa shape index (κ1) is 12.7. The largest absolute Gasteiger partial charge is 0.443 e. The Labute approximate surface area is 96.3 Å². The quantitative estimate of drug-likeness (QED) is 0.547. The fraction of sp³-hybridized carbons (Fsp3) is 0.667. The van der Waals surface area contributed by atoms with Crippen LogP contribution >= 0.6 is 0 Å². The maximum atomic E-state index is 11.7. The van der Waals surface area contributed by atoms with E-state index in [2.05, 4.69) is 6.58 Å². The van der Waals surface area contributed by atoms with Gasteiger partial charge in [0.1, 0.15) is 5.60 Å². The summed E-state index contributed by atoms with van der Waals surface area (Å²) in [6, 6.07) is -0.0136. The van der Waals surface area contributed by atoms with Gasteiger partial charge in [0.15, 0.2) is 0 Å². The maximum absolute atomic E-state index is 11.7. The number of hydrogen-bond donors (Lipinski definition) is 0. The minimum absolute atomic E-state index is 0.0136. The summed E-state index contributed by atoms with van der Waals surface area (Å²) in [7, 11) is 0. The molecule has 0 spiro atoms. The Hall–Kier alpha value is -1.32. The molecule has 0 bridgehead atoms. The third kappa shape index (κ3) is 3.08. The molecule has 0 radical (unpaired) electrons. The van der Waals surface area contributed by atoms with Gasteiger partial charge < -0.3 is 4.74 Å². The Morgan fingerprint density at radius 2 is 2.25 bits per heavy atom. The summed E-state index contributed by atoms with van der Waals surface area (Å²) in [5, 5.41) is 0. The highest BCUT2D eigenvalue weighted by molar-refractivity contribution is 5.97. The van der Waals surface area contributed by atoms with Gasteiger partial charge in [0.05, 0.1) is 6.04 Å². The standard InChI is InChI=1S/C12H19NO3/c1-5-6-7-9-8-10(14)13(9)11(15)16-12(2,3)4/h5,9H,1,6-8H2,2-4H3/t9-/m0/s1. The summed E-state index contributed by atoms with van der Waals surface area (Å²) in [6.07, 6.45) is 3.27. The second-order valence-corrected chi connectivity index (χ2v) is 4.97. The van der Waals surface area contributed by atoms with Crippen LogP contribution in [-0.2, 0) is 9.53 Å². The van der Waals surface area contributed by atoms with Crippen molar-refractivity contribution in [3.63, 3.8) is 0 Å². The molecule has 0 aliphatic carbocycles. The first-order valence-corrected chi connectivity index (χ1v) is 5.51. The van der Waals surface area contributed by atoms with Gasteiger partial charge in [0.2, 0.25) is 5.91 Å². The molecule has 4 nitrogen and oxygen atoms in total. The minimum atomic E-state index is -0.560. The van der Waals surface area contributed by atoms with Crippen molar-refractivity contribution in [3.8, 4) is 0 Å². The van der Waals surface area contributed by atoms with Gasteiger partial charge in [-0.25, -0.2) is 9.69 Å². The number of likely N-dealkylation sites (tertiary alicyclic amines) is 1. The van der Waals surface area contributed by atoms with E-state index in [0.29, 0.717) is 6.42 Å². The average molecular weight is 225 g/mol. The van der Waals surface area contributed by atoms with Crippen LogP contribution in [0.3, 0.4) is 0 Å². The van der Waals surface area contributed by atoms with Crippen molar-refractivity contribution in [1.29, 1.82) is 0 Å². The fourth-order valence-electron chi connectivity index (χ4n) is 1.59. The van der Waals surface area contributed by atoms with E-state index in [1.807, 2.05) is 0 Å². The number of hydrogen-bond acceptors (Lipinski definition) is 3. The number of allylic oxidation sites excluding steroid dienone is 1. The molecule has 2 amide bonds. The fourth-order valence-corrected chi connectivity index (χ4v) is 1.59. The van der Waals surface area contributed by atoms with Crippen LogP contribution in [-0.4, -0.2) is 28.5 Å². The summed E-state index contributed by atoms with van der Waals surface area (Å²) in [5.74, 6) is -0.150. The van der Waals surface area contributed by atoms with E-state index >= 15 is 0 Å². The number of imide groups is 1. The van der Waals surface area contributed by atoms with Gasteiger partial charge >= 0.3 is 6.09 Å². The van der Waals surface area contributed by atoms with Crippen molar-refractivity contribution in [2.45, 2.75) is 51.7 Å². The highest BCUT2D eigenvalue weighted by Gasteiger charge is 2.42. The highest BCUT2D eigenvalue weighted by atomic mass is 16.6. The van der Waals surface area contributed by atoms with Gasteiger partial charge in [0, 0.05) is 6.42 Å². The molecule has 1 aliphatic rings. The van der Waals surface area contributed by atoms with E-state index in [1.54, 1.807) is 26.8 Å². The lowest BCUT2D eigenvalue weighted by atomic mass is 9.98. The van der Waals surface area contributed by atoms with E-state index in [1.165, 1.54) is 4.90 Å². The number of nitrogens with zero attached hydrogens (tertiary/aromatic N) is 1. The lowest BCUT2D eigenvalue weighted by molar-refractivity contribution is -0.144. The van der Waals surface area contributed by atoms with E-state index in [4.69, 9.17) is 4.74 Å². The second kappa shape index (κ2) is 4.68. The Balaban J connectivity index is 2.53. The second-order valence-electron chi connectivity index (χ2n) is 4.97. The molecule has 0 aromatic carbocycles. The van der Waals surface area contributed by atoms with Gasteiger partial charge in [-0.05, 0) is 33.6 Å². The zero-order chi connectivity index (χ0) is 12.3. The van der Waals surface area contributed by atoms with Gasteiger partial charge in [-0.3, -0.25) is 4.79 Å². The molecule has 1 rings (SSSR count). The zero-order valence-electron chi connectivity index (χ0n) is 10.2. The van der Waals surface area contributed by atoms with Crippen molar-refractivity contribution in [3.05, 3.63) is 12.7 Å².